The van der Waals surface area contributed by atoms with E-state index in [4.69, 9.17) is 0 Å². The maximum absolute atomic E-state index is 11.1. The highest BCUT2D eigenvalue weighted by atomic mass is 16.1. The molecule has 5 nitrogen and oxygen atoms in total. The van der Waals surface area contributed by atoms with Crippen LogP contribution in [0.3, 0.4) is 0 Å². The summed E-state index contributed by atoms with van der Waals surface area (Å²) < 4.78 is 1.85. The lowest BCUT2D eigenvalue weighted by Crippen LogP contribution is -2.06. The normalized spacial score (nSPS) is 10.9. The van der Waals surface area contributed by atoms with Gasteiger partial charge in [0.25, 0.3) is 5.56 Å². The molecule has 16 heavy (non-hydrogen) atoms. The summed E-state index contributed by atoms with van der Waals surface area (Å²) in [7, 11) is 0. The highest BCUT2D eigenvalue weighted by Gasteiger charge is 2.04. The Kier molecular flexibility index (Phi) is 2.85. The molecule has 84 valence electrons. The van der Waals surface area contributed by atoms with Crippen LogP contribution in [0.1, 0.15) is 13.8 Å². The summed E-state index contributed by atoms with van der Waals surface area (Å²) in [6.07, 6.45) is 5.09. The largest absolute Gasteiger partial charge is 0.306 e. The topological polar surface area (TPSA) is 63.6 Å². The molecule has 2 aromatic rings. The predicted octanol–water partition coefficient (Wildman–Crippen LogP) is 1.29. The Bertz CT molecular complexity index is 527. The second-order valence-corrected chi connectivity index (χ2v) is 4.13. The van der Waals surface area contributed by atoms with Gasteiger partial charge in [-0.3, -0.25) is 9.48 Å². The zero-order valence-electron chi connectivity index (χ0n) is 9.34. The average Bonchev–Trinajstić information content (AvgIpc) is 2.65. The number of aromatic nitrogens is 4. The molecule has 0 unspecified atom stereocenters. The number of hydrogen-bond donors (Lipinski definition) is 1. The zero-order chi connectivity index (χ0) is 11.5. The molecule has 2 rings (SSSR count). The van der Waals surface area contributed by atoms with Crippen LogP contribution in [0.15, 0.2) is 29.5 Å². The lowest BCUT2D eigenvalue weighted by atomic mass is 10.2. The molecule has 1 N–H and O–H groups in total. The lowest BCUT2D eigenvalue weighted by molar-refractivity contribution is 0.483. The van der Waals surface area contributed by atoms with Gasteiger partial charge in [-0.25, -0.2) is 4.98 Å². The molecular weight excluding hydrogens is 204 g/mol. The second-order valence-electron chi connectivity index (χ2n) is 4.13. The third kappa shape index (κ3) is 2.36. The fourth-order valence-electron chi connectivity index (χ4n) is 1.48. The summed E-state index contributed by atoms with van der Waals surface area (Å²) in [4.78, 5) is 17.9. The molecule has 0 atom stereocenters. The average molecular weight is 218 g/mol. The minimum Gasteiger partial charge on any atom is -0.306 e. The van der Waals surface area contributed by atoms with Crippen LogP contribution in [-0.2, 0) is 6.54 Å². The first-order valence-corrected chi connectivity index (χ1v) is 5.23. The molecule has 0 saturated carbocycles. The number of H-pyrrole nitrogens is 1. The van der Waals surface area contributed by atoms with E-state index in [1.807, 2.05) is 10.9 Å². The molecule has 0 bridgehead atoms. The Labute approximate surface area is 93.2 Å². The summed E-state index contributed by atoms with van der Waals surface area (Å²) in [5, 5.41) is 4.22. The summed E-state index contributed by atoms with van der Waals surface area (Å²) in [5.41, 5.74) is 0.681. The van der Waals surface area contributed by atoms with Crippen LogP contribution < -0.4 is 5.56 Å². The molecule has 2 aromatic heterocycles. The van der Waals surface area contributed by atoms with E-state index in [9.17, 15) is 4.79 Å². The maximum atomic E-state index is 11.1. The van der Waals surface area contributed by atoms with Crippen molar-refractivity contribution in [2.75, 3.05) is 0 Å². The van der Waals surface area contributed by atoms with Crippen molar-refractivity contribution in [2.45, 2.75) is 20.4 Å². The predicted molar refractivity (Wildman–Crippen MR) is 60.9 cm³/mol. The van der Waals surface area contributed by atoms with Crippen molar-refractivity contribution in [3.8, 4) is 11.4 Å². The van der Waals surface area contributed by atoms with E-state index in [2.05, 4.69) is 28.9 Å². The van der Waals surface area contributed by atoms with E-state index in [1.165, 1.54) is 12.3 Å². The van der Waals surface area contributed by atoms with Gasteiger partial charge in [-0.2, -0.15) is 5.10 Å². The van der Waals surface area contributed by atoms with Crippen molar-refractivity contribution in [1.82, 2.24) is 19.7 Å². The van der Waals surface area contributed by atoms with Gasteiger partial charge in [-0.1, -0.05) is 13.8 Å². The molecule has 0 radical (unpaired) electrons. The molecule has 0 amide bonds. The van der Waals surface area contributed by atoms with Crippen LogP contribution >= 0.6 is 0 Å². The fraction of sp³-hybridized carbons (Fsp3) is 0.364. The van der Waals surface area contributed by atoms with Crippen LogP contribution in [0.4, 0.5) is 0 Å². The van der Waals surface area contributed by atoms with Gasteiger partial charge >= 0.3 is 0 Å². The summed E-state index contributed by atoms with van der Waals surface area (Å²) >= 11 is 0. The monoisotopic (exact) mass is 218 g/mol. The quantitative estimate of drug-likeness (QED) is 0.844. The van der Waals surface area contributed by atoms with Crippen LogP contribution in [0, 0.1) is 5.92 Å². The highest BCUT2D eigenvalue weighted by molar-refractivity contribution is 5.51. The first-order chi connectivity index (χ1) is 7.65. The fourth-order valence-corrected chi connectivity index (χ4v) is 1.48. The standard InChI is InChI=1S/C11H14N4O/c1-8(2)6-15-7-9(5-13-15)11-12-4-3-10(16)14-11/h3-5,7-8H,6H2,1-2H3,(H,12,14,16). The second kappa shape index (κ2) is 4.30. The molecule has 5 heteroatoms. The van der Waals surface area contributed by atoms with Gasteiger partial charge in [0.1, 0.15) is 5.82 Å². The van der Waals surface area contributed by atoms with Crippen molar-refractivity contribution in [1.29, 1.82) is 0 Å². The van der Waals surface area contributed by atoms with Gasteiger partial charge in [0.05, 0.1) is 11.8 Å². The van der Waals surface area contributed by atoms with E-state index < -0.39 is 0 Å². The van der Waals surface area contributed by atoms with E-state index >= 15 is 0 Å². The lowest BCUT2D eigenvalue weighted by Gasteiger charge is -2.03. The number of aromatic amines is 1. The molecule has 0 aliphatic carbocycles. The first-order valence-electron chi connectivity index (χ1n) is 5.23. The molecule has 0 aliphatic heterocycles. The minimum absolute atomic E-state index is 0.151. The molecule has 0 aliphatic rings. The number of hydrogen-bond acceptors (Lipinski definition) is 3. The Morgan fingerprint density at radius 3 is 3.00 bits per heavy atom. The van der Waals surface area contributed by atoms with Crippen molar-refractivity contribution in [2.24, 2.45) is 5.92 Å². The first kappa shape index (κ1) is 10.6. The molecule has 0 spiro atoms. The summed E-state index contributed by atoms with van der Waals surface area (Å²) in [6, 6.07) is 1.39. The highest BCUT2D eigenvalue weighted by Crippen LogP contribution is 2.11. The summed E-state index contributed by atoms with van der Waals surface area (Å²) in [5.74, 6) is 1.10. The zero-order valence-corrected chi connectivity index (χ0v) is 9.34. The van der Waals surface area contributed by atoms with Gasteiger partial charge in [-0.15, -0.1) is 0 Å². The number of nitrogens with one attached hydrogen (secondary N) is 1. The van der Waals surface area contributed by atoms with Gasteiger partial charge in [0.2, 0.25) is 0 Å². The van der Waals surface area contributed by atoms with Crippen LogP contribution in [0.5, 0.6) is 0 Å². The van der Waals surface area contributed by atoms with Gasteiger partial charge in [-0.05, 0) is 5.92 Å². The van der Waals surface area contributed by atoms with Gasteiger partial charge < -0.3 is 4.98 Å². The Balaban J connectivity index is 2.28. The van der Waals surface area contributed by atoms with Crippen molar-refractivity contribution < 1.29 is 0 Å². The SMILES string of the molecule is CC(C)Cn1cc(-c2nccc(=O)[nH]2)cn1. The van der Waals surface area contributed by atoms with E-state index in [-0.39, 0.29) is 5.56 Å². The molecule has 0 saturated heterocycles. The third-order valence-corrected chi connectivity index (χ3v) is 2.13. The van der Waals surface area contributed by atoms with E-state index in [0.717, 1.165) is 12.1 Å². The van der Waals surface area contributed by atoms with Gasteiger partial charge in [0, 0.05) is 25.0 Å². The van der Waals surface area contributed by atoms with E-state index in [1.54, 1.807) is 6.20 Å². The van der Waals surface area contributed by atoms with Crippen LogP contribution in [0.25, 0.3) is 11.4 Å². The van der Waals surface area contributed by atoms with E-state index in [0.29, 0.717) is 11.7 Å². The molecular formula is C11H14N4O. The van der Waals surface area contributed by atoms with Crippen molar-refractivity contribution in [3.05, 3.63) is 35.0 Å². The number of rotatable bonds is 3. The van der Waals surface area contributed by atoms with Crippen molar-refractivity contribution in [3.63, 3.8) is 0 Å². The Morgan fingerprint density at radius 1 is 1.50 bits per heavy atom. The smallest absolute Gasteiger partial charge is 0.251 e. The molecule has 0 fully saturated rings. The third-order valence-electron chi connectivity index (χ3n) is 2.13. The summed E-state index contributed by atoms with van der Waals surface area (Å²) in [6.45, 7) is 5.12. The van der Waals surface area contributed by atoms with Gasteiger partial charge in [0.15, 0.2) is 0 Å². The van der Waals surface area contributed by atoms with Crippen molar-refractivity contribution >= 4 is 0 Å². The Morgan fingerprint density at radius 2 is 2.31 bits per heavy atom. The molecule has 0 aromatic carbocycles. The molecule has 2 heterocycles. The number of nitrogens with zero attached hydrogens (tertiary/aromatic N) is 3. The van der Waals surface area contributed by atoms with Crippen LogP contribution in [-0.4, -0.2) is 19.7 Å². The maximum Gasteiger partial charge on any atom is 0.251 e. The Hall–Kier alpha value is -1.91. The van der Waals surface area contributed by atoms with Crippen LogP contribution in [0.2, 0.25) is 0 Å². The minimum atomic E-state index is -0.151.